The molecule has 2 aliphatic heterocycles. The summed E-state index contributed by atoms with van der Waals surface area (Å²) < 4.78 is 5.35. The fraction of sp³-hybridized carbons (Fsp3) is 0.385. The second-order valence-electron chi connectivity index (χ2n) is 5.01. The van der Waals surface area contributed by atoms with Crippen molar-refractivity contribution in [2.24, 2.45) is 0 Å². The molecule has 5 heteroatoms. The van der Waals surface area contributed by atoms with Crippen LogP contribution in [0.4, 0.5) is 0 Å². The zero-order valence-electron chi connectivity index (χ0n) is 10.1. The summed E-state index contributed by atoms with van der Waals surface area (Å²) in [6.45, 7) is 3.59. The maximum atomic E-state index is 12.0. The number of ether oxygens (including phenoxy) is 1. The van der Waals surface area contributed by atoms with E-state index in [0.29, 0.717) is 17.7 Å². The normalized spacial score (nSPS) is 25.8. The molecule has 94 valence electrons. The van der Waals surface area contributed by atoms with Crippen LogP contribution in [0.25, 0.3) is 0 Å². The fourth-order valence-electron chi connectivity index (χ4n) is 2.51. The van der Waals surface area contributed by atoms with E-state index in [1.165, 1.54) is 0 Å². The average Bonchev–Trinajstić information content (AvgIpc) is 2.86. The van der Waals surface area contributed by atoms with Gasteiger partial charge in [0.2, 0.25) is 5.91 Å². The van der Waals surface area contributed by atoms with Gasteiger partial charge in [0.1, 0.15) is 5.60 Å². The molecule has 0 fully saturated rings. The number of nitrogens with one attached hydrogen (secondary N) is 1. The molecule has 0 spiro atoms. The molecule has 2 aliphatic rings. The largest absolute Gasteiger partial charge is 0.450 e. The van der Waals surface area contributed by atoms with Crippen molar-refractivity contribution in [3.8, 4) is 0 Å². The van der Waals surface area contributed by atoms with Gasteiger partial charge in [0.15, 0.2) is 0 Å². The van der Waals surface area contributed by atoms with Crippen molar-refractivity contribution in [2.75, 3.05) is 0 Å². The number of cyclic esters (lactones) is 1. The highest BCUT2D eigenvalue weighted by Gasteiger charge is 2.47. The average molecular weight is 263 g/mol. The van der Waals surface area contributed by atoms with Gasteiger partial charge >= 0.3 is 5.97 Å². The van der Waals surface area contributed by atoms with Crippen molar-refractivity contribution in [1.29, 1.82) is 0 Å². The predicted octanol–water partition coefficient (Wildman–Crippen LogP) is 1.94. The molecule has 1 aromatic heterocycles. The Kier molecular flexibility index (Phi) is 2.35. The van der Waals surface area contributed by atoms with Gasteiger partial charge in [-0.25, -0.2) is 4.79 Å². The molecular formula is C13H13NO3S. The second-order valence-corrected chi connectivity index (χ2v) is 5.99. The van der Waals surface area contributed by atoms with E-state index in [1.807, 2.05) is 17.5 Å². The highest BCUT2D eigenvalue weighted by Crippen LogP contribution is 2.43. The maximum Gasteiger partial charge on any atom is 0.337 e. The molecule has 1 aromatic rings. The Morgan fingerprint density at radius 2 is 2.22 bits per heavy atom. The summed E-state index contributed by atoms with van der Waals surface area (Å²) in [7, 11) is 0. The van der Waals surface area contributed by atoms with Crippen molar-refractivity contribution in [1.82, 2.24) is 5.32 Å². The number of rotatable bonds is 1. The molecule has 0 saturated heterocycles. The standard InChI is InChI=1S/C13H13NO3S/c1-13(2)11-10(12(16)17-13)7(6-9(15)14-11)8-4-3-5-18-8/h3-5,7H,6H2,1-2H3,(H,14,15)/t7-/m1/s1. The number of carbonyl (C=O) groups excluding carboxylic acids is 2. The lowest BCUT2D eigenvalue weighted by molar-refractivity contribution is -0.144. The molecule has 1 atom stereocenters. The molecule has 3 heterocycles. The molecule has 1 amide bonds. The van der Waals surface area contributed by atoms with Crippen molar-refractivity contribution >= 4 is 23.2 Å². The highest BCUT2D eigenvalue weighted by molar-refractivity contribution is 7.10. The number of hydrogen-bond donors (Lipinski definition) is 1. The Morgan fingerprint density at radius 1 is 1.44 bits per heavy atom. The van der Waals surface area contributed by atoms with E-state index >= 15 is 0 Å². The highest BCUT2D eigenvalue weighted by atomic mass is 32.1. The summed E-state index contributed by atoms with van der Waals surface area (Å²) in [4.78, 5) is 24.8. The lowest BCUT2D eigenvalue weighted by atomic mass is 9.86. The third-order valence-electron chi connectivity index (χ3n) is 3.33. The number of thiophene rings is 1. The molecule has 0 aromatic carbocycles. The van der Waals surface area contributed by atoms with Crippen LogP contribution in [0.15, 0.2) is 28.8 Å². The Labute approximate surface area is 109 Å². The van der Waals surface area contributed by atoms with Crippen LogP contribution < -0.4 is 5.32 Å². The van der Waals surface area contributed by atoms with Gasteiger partial charge in [0, 0.05) is 17.2 Å². The zero-order chi connectivity index (χ0) is 12.9. The van der Waals surface area contributed by atoms with Crippen LogP contribution in [-0.2, 0) is 14.3 Å². The van der Waals surface area contributed by atoms with Crippen molar-refractivity contribution in [3.63, 3.8) is 0 Å². The Bertz CT molecular complexity index is 557. The SMILES string of the molecule is CC1(C)OC(=O)C2=C1NC(=O)C[C@@H]2c1cccs1. The summed E-state index contributed by atoms with van der Waals surface area (Å²) in [6, 6.07) is 3.88. The zero-order valence-corrected chi connectivity index (χ0v) is 11.0. The van der Waals surface area contributed by atoms with Crippen molar-refractivity contribution < 1.29 is 14.3 Å². The van der Waals surface area contributed by atoms with Gasteiger partial charge < -0.3 is 10.1 Å². The Balaban J connectivity index is 2.13. The predicted molar refractivity (Wildman–Crippen MR) is 67.0 cm³/mol. The first-order valence-corrected chi connectivity index (χ1v) is 6.68. The van der Waals surface area contributed by atoms with E-state index in [1.54, 1.807) is 25.2 Å². The quantitative estimate of drug-likeness (QED) is 0.788. The van der Waals surface area contributed by atoms with Crippen molar-refractivity contribution in [2.45, 2.75) is 31.8 Å². The van der Waals surface area contributed by atoms with Gasteiger partial charge in [0.25, 0.3) is 0 Å². The summed E-state index contributed by atoms with van der Waals surface area (Å²) in [6.07, 6.45) is 0.310. The number of carbonyl (C=O) groups is 2. The van der Waals surface area contributed by atoms with Gasteiger partial charge in [-0.3, -0.25) is 4.79 Å². The van der Waals surface area contributed by atoms with Gasteiger partial charge in [-0.05, 0) is 25.3 Å². The van der Waals surface area contributed by atoms with E-state index in [-0.39, 0.29) is 17.8 Å². The fourth-order valence-corrected chi connectivity index (χ4v) is 3.35. The molecule has 1 N–H and O–H groups in total. The van der Waals surface area contributed by atoms with E-state index < -0.39 is 5.60 Å². The van der Waals surface area contributed by atoms with E-state index in [9.17, 15) is 9.59 Å². The van der Waals surface area contributed by atoms with E-state index in [4.69, 9.17) is 4.74 Å². The number of hydrogen-bond acceptors (Lipinski definition) is 4. The maximum absolute atomic E-state index is 12.0. The molecule has 0 radical (unpaired) electrons. The minimum atomic E-state index is -0.738. The number of amides is 1. The van der Waals surface area contributed by atoms with Crippen molar-refractivity contribution in [3.05, 3.63) is 33.7 Å². The lowest BCUT2D eigenvalue weighted by Gasteiger charge is -2.26. The van der Waals surface area contributed by atoms with Gasteiger partial charge in [-0.2, -0.15) is 0 Å². The third kappa shape index (κ3) is 1.58. The topological polar surface area (TPSA) is 55.4 Å². The van der Waals surface area contributed by atoms with Crippen LogP contribution >= 0.6 is 11.3 Å². The van der Waals surface area contributed by atoms with Gasteiger partial charge in [-0.1, -0.05) is 6.07 Å². The Hall–Kier alpha value is -1.62. The minimum absolute atomic E-state index is 0.0569. The van der Waals surface area contributed by atoms with Gasteiger partial charge in [-0.15, -0.1) is 11.3 Å². The van der Waals surface area contributed by atoms with Crippen LogP contribution in [-0.4, -0.2) is 17.5 Å². The van der Waals surface area contributed by atoms with Gasteiger partial charge in [0.05, 0.1) is 11.3 Å². The number of esters is 1. The molecular weight excluding hydrogens is 250 g/mol. The first kappa shape index (κ1) is 11.5. The molecule has 18 heavy (non-hydrogen) atoms. The summed E-state index contributed by atoms with van der Waals surface area (Å²) in [5.74, 6) is -0.532. The van der Waals surface area contributed by atoms with E-state index in [2.05, 4.69) is 5.32 Å². The van der Waals surface area contributed by atoms with Crippen LogP contribution in [0.3, 0.4) is 0 Å². The summed E-state index contributed by atoms with van der Waals surface area (Å²) >= 11 is 1.56. The molecule has 4 nitrogen and oxygen atoms in total. The summed E-state index contributed by atoms with van der Waals surface area (Å²) in [5, 5.41) is 4.74. The van der Waals surface area contributed by atoms with Crippen LogP contribution in [0.2, 0.25) is 0 Å². The molecule has 0 aliphatic carbocycles. The Morgan fingerprint density at radius 3 is 2.89 bits per heavy atom. The monoisotopic (exact) mass is 263 g/mol. The third-order valence-corrected chi connectivity index (χ3v) is 4.31. The van der Waals surface area contributed by atoms with Crippen LogP contribution in [0.5, 0.6) is 0 Å². The van der Waals surface area contributed by atoms with Crippen LogP contribution in [0, 0.1) is 0 Å². The first-order chi connectivity index (χ1) is 8.49. The molecule has 0 bridgehead atoms. The smallest absolute Gasteiger partial charge is 0.337 e. The molecule has 3 rings (SSSR count). The van der Waals surface area contributed by atoms with Crippen LogP contribution in [0.1, 0.15) is 31.1 Å². The first-order valence-electron chi connectivity index (χ1n) is 5.80. The summed E-state index contributed by atoms with van der Waals surface area (Å²) in [5.41, 5.74) is 0.502. The van der Waals surface area contributed by atoms with E-state index in [0.717, 1.165) is 4.88 Å². The molecule has 0 saturated carbocycles. The molecule has 0 unspecified atom stereocenters. The minimum Gasteiger partial charge on any atom is -0.450 e. The lowest BCUT2D eigenvalue weighted by Crippen LogP contribution is -2.38. The second kappa shape index (κ2) is 3.68.